The molecule has 0 fully saturated rings. The third kappa shape index (κ3) is 1.91. The van der Waals surface area contributed by atoms with Gasteiger partial charge in [0, 0.05) is 0 Å². The van der Waals surface area contributed by atoms with Crippen molar-refractivity contribution in [1.29, 1.82) is 0 Å². The molecule has 4 nitrogen and oxygen atoms in total. The monoisotopic (exact) mass is 329 g/mol. The predicted octanol–water partition coefficient (Wildman–Crippen LogP) is 2.79. The highest BCUT2D eigenvalue weighted by atomic mass is 127. The quantitative estimate of drug-likeness (QED) is 0.861. The lowest BCUT2D eigenvalue weighted by Gasteiger charge is -2.06. The lowest BCUT2D eigenvalue weighted by molar-refractivity contribution is 0.575. The summed E-state index contributed by atoms with van der Waals surface area (Å²) in [6.45, 7) is 4.00. The summed E-state index contributed by atoms with van der Waals surface area (Å²) < 4.78 is 6.29. The summed E-state index contributed by atoms with van der Waals surface area (Å²) in [7, 11) is 0. The Morgan fingerprint density at radius 2 is 2.19 bits per heavy atom. The van der Waals surface area contributed by atoms with Crippen molar-refractivity contribution in [3.8, 4) is 11.6 Å². The number of aryl methyl sites for hydroxylation is 2. The van der Waals surface area contributed by atoms with Crippen LogP contribution in [0.5, 0.6) is 0 Å². The lowest BCUT2D eigenvalue weighted by atomic mass is 10.2. The molecule has 0 amide bonds. The molecule has 0 saturated carbocycles. The number of hydrogen-bond donors (Lipinski definition) is 1. The number of furan rings is 1. The molecular weight excluding hydrogens is 317 g/mol. The van der Waals surface area contributed by atoms with E-state index in [-0.39, 0.29) is 0 Å². The number of hydrogen-bond acceptors (Lipinski definition) is 4. The molecule has 2 aromatic heterocycles. The van der Waals surface area contributed by atoms with E-state index >= 15 is 0 Å². The molecule has 2 heterocycles. The highest BCUT2D eigenvalue weighted by Crippen LogP contribution is 2.25. The molecule has 0 aliphatic rings. The van der Waals surface area contributed by atoms with Crippen LogP contribution in [0.3, 0.4) is 0 Å². The SMILES string of the molecule is CCc1nc(-c2occc2C)nc(N)c1I. The van der Waals surface area contributed by atoms with Crippen LogP contribution in [0.25, 0.3) is 11.6 Å². The van der Waals surface area contributed by atoms with Crippen molar-refractivity contribution in [3.05, 3.63) is 27.2 Å². The Morgan fingerprint density at radius 3 is 2.75 bits per heavy atom. The summed E-state index contributed by atoms with van der Waals surface area (Å²) in [5.74, 6) is 1.77. The van der Waals surface area contributed by atoms with Crippen LogP contribution in [0.1, 0.15) is 18.2 Å². The second kappa shape index (κ2) is 4.40. The molecule has 5 heteroatoms. The van der Waals surface area contributed by atoms with E-state index in [1.54, 1.807) is 6.26 Å². The van der Waals surface area contributed by atoms with Crippen LogP contribution in [-0.2, 0) is 6.42 Å². The maximum absolute atomic E-state index is 5.85. The van der Waals surface area contributed by atoms with Crippen molar-refractivity contribution in [2.75, 3.05) is 5.73 Å². The summed E-state index contributed by atoms with van der Waals surface area (Å²) in [4.78, 5) is 8.71. The van der Waals surface area contributed by atoms with Crippen LogP contribution in [0.15, 0.2) is 16.7 Å². The van der Waals surface area contributed by atoms with Crippen molar-refractivity contribution in [3.63, 3.8) is 0 Å². The Bertz CT molecular complexity index is 522. The van der Waals surface area contributed by atoms with Crippen LogP contribution < -0.4 is 5.73 Å². The number of anilines is 1. The zero-order valence-electron chi connectivity index (χ0n) is 9.12. The first-order chi connectivity index (χ1) is 7.63. The van der Waals surface area contributed by atoms with E-state index < -0.39 is 0 Å². The molecule has 0 aliphatic heterocycles. The summed E-state index contributed by atoms with van der Waals surface area (Å²) in [6, 6.07) is 1.89. The summed E-state index contributed by atoms with van der Waals surface area (Å²) in [5.41, 5.74) is 7.83. The number of nitrogens with two attached hydrogens (primary N) is 1. The fraction of sp³-hybridized carbons (Fsp3) is 0.273. The van der Waals surface area contributed by atoms with Gasteiger partial charge in [0.1, 0.15) is 5.82 Å². The molecule has 0 saturated heterocycles. The smallest absolute Gasteiger partial charge is 0.198 e. The number of halogens is 1. The average Bonchev–Trinajstić information content (AvgIpc) is 2.68. The third-order valence-electron chi connectivity index (χ3n) is 2.35. The van der Waals surface area contributed by atoms with Crippen LogP contribution in [0, 0.1) is 10.5 Å². The predicted molar refractivity (Wildman–Crippen MR) is 71.0 cm³/mol. The van der Waals surface area contributed by atoms with E-state index in [1.807, 2.05) is 19.9 Å². The van der Waals surface area contributed by atoms with Gasteiger partial charge in [-0.05, 0) is 47.6 Å². The van der Waals surface area contributed by atoms with Crippen LogP contribution in [-0.4, -0.2) is 9.97 Å². The maximum Gasteiger partial charge on any atom is 0.198 e. The Hall–Kier alpha value is -1.11. The zero-order chi connectivity index (χ0) is 11.7. The number of nitrogen functional groups attached to an aromatic ring is 1. The van der Waals surface area contributed by atoms with Gasteiger partial charge in [-0.25, -0.2) is 9.97 Å². The lowest BCUT2D eigenvalue weighted by Crippen LogP contribution is -2.04. The fourth-order valence-corrected chi connectivity index (χ4v) is 2.07. The molecule has 2 N–H and O–H groups in total. The van der Waals surface area contributed by atoms with E-state index in [0.717, 1.165) is 21.2 Å². The van der Waals surface area contributed by atoms with Gasteiger partial charge in [-0.1, -0.05) is 6.92 Å². The van der Waals surface area contributed by atoms with E-state index in [9.17, 15) is 0 Å². The maximum atomic E-state index is 5.85. The minimum atomic E-state index is 0.512. The molecule has 0 aromatic carbocycles. The van der Waals surface area contributed by atoms with Crippen LogP contribution >= 0.6 is 22.6 Å². The van der Waals surface area contributed by atoms with Crippen molar-refractivity contribution in [2.45, 2.75) is 20.3 Å². The highest BCUT2D eigenvalue weighted by molar-refractivity contribution is 14.1. The van der Waals surface area contributed by atoms with E-state index in [1.165, 1.54) is 0 Å². The molecule has 0 radical (unpaired) electrons. The standard InChI is InChI=1S/C11H12IN3O/c1-3-7-8(12)10(13)15-11(14-7)9-6(2)4-5-16-9/h4-5H,3H2,1-2H3,(H2,13,14,15). The molecule has 2 rings (SSSR count). The van der Waals surface area contributed by atoms with E-state index in [2.05, 4.69) is 32.6 Å². The first-order valence-corrected chi connectivity index (χ1v) is 6.07. The topological polar surface area (TPSA) is 64.9 Å². The van der Waals surface area contributed by atoms with Crippen LogP contribution in [0.4, 0.5) is 5.82 Å². The van der Waals surface area contributed by atoms with Crippen LogP contribution in [0.2, 0.25) is 0 Å². The molecule has 0 spiro atoms. The molecule has 84 valence electrons. The Kier molecular flexibility index (Phi) is 3.13. The van der Waals surface area contributed by atoms with Gasteiger partial charge in [0.25, 0.3) is 0 Å². The Morgan fingerprint density at radius 1 is 1.44 bits per heavy atom. The van der Waals surface area contributed by atoms with Gasteiger partial charge in [-0.2, -0.15) is 0 Å². The van der Waals surface area contributed by atoms with Gasteiger partial charge < -0.3 is 10.2 Å². The summed E-state index contributed by atoms with van der Waals surface area (Å²) in [5, 5.41) is 0. The van der Waals surface area contributed by atoms with Crippen molar-refractivity contribution >= 4 is 28.4 Å². The van der Waals surface area contributed by atoms with Gasteiger partial charge in [0.2, 0.25) is 0 Å². The van der Waals surface area contributed by atoms with Crippen molar-refractivity contribution < 1.29 is 4.42 Å². The van der Waals surface area contributed by atoms with Gasteiger partial charge in [-0.3, -0.25) is 0 Å². The molecular formula is C11H12IN3O. The molecule has 0 atom stereocenters. The Labute approximate surface area is 107 Å². The zero-order valence-corrected chi connectivity index (χ0v) is 11.3. The van der Waals surface area contributed by atoms with Gasteiger partial charge >= 0.3 is 0 Å². The second-order valence-electron chi connectivity index (χ2n) is 3.48. The molecule has 16 heavy (non-hydrogen) atoms. The molecule has 0 unspecified atom stereocenters. The Balaban J connectivity index is 2.59. The molecule has 2 aromatic rings. The molecule has 0 bridgehead atoms. The summed E-state index contributed by atoms with van der Waals surface area (Å²) in [6.07, 6.45) is 2.46. The van der Waals surface area contributed by atoms with E-state index in [0.29, 0.717) is 17.4 Å². The van der Waals surface area contributed by atoms with Gasteiger partial charge in [-0.15, -0.1) is 0 Å². The first-order valence-electron chi connectivity index (χ1n) is 4.99. The number of aromatic nitrogens is 2. The van der Waals surface area contributed by atoms with Crippen molar-refractivity contribution in [1.82, 2.24) is 9.97 Å². The second-order valence-corrected chi connectivity index (χ2v) is 4.56. The minimum absolute atomic E-state index is 0.512. The highest BCUT2D eigenvalue weighted by Gasteiger charge is 2.13. The normalized spacial score (nSPS) is 10.7. The number of rotatable bonds is 2. The first kappa shape index (κ1) is 11.4. The summed E-state index contributed by atoms with van der Waals surface area (Å²) >= 11 is 2.17. The average molecular weight is 329 g/mol. The van der Waals surface area contributed by atoms with E-state index in [4.69, 9.17) is 10.2 Å². The largest absolute Gasteiger partial charge is 0.461 e. The van der Waals surface area contributed by atoms with Gasteiger partial charge in [0.15, 0.2) is 11.6 Å². The third-order valence-corrected chi connectivity index (χ3v) is 3.52. The number of nitrogens with zero attached hydrogens (tertiary/aromatic N) is 2. The minimum Gasteiger partial charge on any atom is -0.461 e. The van der Waals surface area contributed by atoms with Gasteiger partial charge in [0.05, 0.1) is 15.5 Å². The molecule has 0 aliphatic carbocycles. The van der Waals surface area contributed by atoms with Crippen molar-refractivity contribution in [2.24, 2.45) is 0 Å². The fourth-order valence-electron chi connectivity index (χ4n) is 1.45.